The van der Waals surface area contributed by atoms with Gasteiger partial charge in [-0.2, -0.15) is 0 Å². The number of hydrogen-bond acceptors (Lipinski definition) is 6. The molecule has 1 aliphatic rings. The zero-order valence-corrected chi connectivity index (χ0v) is 13.0. The highest BCUT2D eigenvalue weighted by Gasteiger charge is 2.26. The highest BCUT2D eigenvalue weighted by atomic mass is 32.1. The van der Waals surface area contributed by atoms with Gasteiger partial charge in [0, 0.05) is 33.2 Å². The van der Waals surface area contributed by atoms with Crippen LogP contribution in [0.25, 0.3) is 0 Å². The van der Waals surface area contributed by atoms with Crippen molar-refractivity contribution in [1.29, 1.82) is 0 Å². The second-order valence-corrected chi connectivity index (χ2v) is 5.68. The lowest BCUT2D eigenvalue weighted by atomic mass is 10.3. The van der Waals surface area contributed by atoms with Crippen LogP contribution in [0.2, 0.25) is 0 Å². The Morgan fingerprint density at radius 3 is 2.55 bits per heavy atom. The normalized spacial score (nSPS) is 16.2. The first-order valence-corrected chi connectivity index (χ1v) is 7.59. The Kier molecular flexibility index (Phi) is 4.72. The van der Waals surface area contributed by atoms with E-state index in [0.29, 0.717) is 16.3 Å². The number of thiophene rings is 1. The Morgan fingerprint density at radius 1 is 1.40 bits per heavy atom. The maximum Gasteiger partial charge on any atom is 0.263 e. The molecular formula is C13H22N4O2S. The number of carbonyl (C=O) groups is 1. The van der Waals surface area contributed by atoms with Crippen molar-refractivity contribution in [1.82, 2.24) is 10.2 Å². The van der Waals surface area contributed by atoms with Gasteiger partial charge in [-0.15, -0.1) is 11.3 Å². The van der Waals surface area contributed by atoms with Gasteiger partial charge in [-0.1, -0.05) is 6.92 Å². The minimum atomic E-state index is -0.163. The van der Waals surface area contributed by atoms with Gasteiger partial charge >= 0.3 is 0 Å². The van der Waals surface area contributed by atoms with Crippen molar-refractivity contribution in [3.05, 3.63) is 4.88 Å². The molecule has 1 aromatic heterocycles. The highest BCUT2D eigenvalue weighted by Crippen LogP contribution is 2.44. The maximum absolute atomic E-state index is 11.8. The fourth-order valence-electron chi connectivity index (χ4n) is 2.37. The van der Waals surface area contributed by atoms with E-state index in [1.165, 1.54) is 11.3 Å². The predicted molar refractivity (Wildman–Crippen MR) is 83.0 cm³/mol. The summed E-state index contributed by atoms with van der Waals surface area (Å²) in [6, 6.07) is 0. The largest absolute Gasteiger partial charge is 0.492 e. The maximum atomic E-state index is 11.8. The van der Waals surface area contributed by atoms with Crippen LogP contribution >= 0.6 is 11.3 Å². The number of rotatable bonds is 4. The van der Waals surface area contributed by atoms with Crippen molar-refractivity contribution in [2.24, 2.45) is 0 Å². The number of piperazine rings is 1. The van der Waals surface area contributed by atoms with Crippen LogP contribution in [0.4, 0.5) is 10.7 Å². The molecule has 1 saturated heterocycles. The van der Waals surface area contributed by atoms with Crippen LogP contribution in [-0.4, -0.2) is 57.7 Å². The topological polar surface area (TPSA) is 70.8 Å². The summed E-state index contributed by atoms with van der Waals surface area (Å²) in [6.07, 6.45) is 0. The summed E-state index contributed by atoms with van der Waals surface area (Å²) >= 11 is 1.40. The molecule has 1 amide bonds. The molecular weight excluding hydrogens is 276 g/mol. The molecule has 1 aliphatic heterocycles. The molecule has 0 aromatic carbocycles. The summed E-state index contributed by atoms with van der Waals surface area (Å²) in [6.45, 7) is 7.14. The molecule has 6 nitrogen and oxygen atoms in total. The number of nitrogen functional groups attached to an aromatic ring is 1. The molecule has 112 valence electrons. The molecule has 0 unspecified atom stereocenters. The zero-order chi connectivity index (χ0) is 14.7. The summed E-state index contributed by atoms with van der Waals surface area (Å²) in [7, 11) is 3.20. The molecule has 0 radical (unpaired) electrons. The van der Waals surface area contributed by atoms with E-state index < -0.39 is 0 Å². The van der Waals surface area contributed by atoms with Crippen LogP contribution < -0.4 is 20.7 Å². The fourth-order valence-corrected chi connectivity index (χ4v) is 3.56. The van der Waals surface area contributed by atoms with Crippen molar-refractivity contribution in [3.63, 3.8) is 0 Å². The Morgan fingerprint density at radius 2 is 2.05 bits per heavy atom. The smallest absolute Gasteiger partial charge is 0.263 e. The third-order valence-electron chi connectivity index (χ3n) is 3.63. The number of nitrogens with two attached hydrogens (primary N) is 1. The van der Waals surface area contributed by atoms with Gasteiger partial charge in [-0.05, 0) is 6.54 Å². The predicted octanol–water partition coefficient (Wildman–Crippen LogP) is 0.840. The number of anilines is 2. The third kappa shape index (κ3) is 2.69. The van der Waals surface area contributed by atoms with Gasteiger partial charge in [0.1, 0.15) is 15.6 Å². The quantitative estimate of drug-likeness (QED) is 0.862. The summed E-state index contributed by atoms with van der Waals surface area (Å²) in [5, 5.41) is 3.57. The standard InChI is InChI=1S/C13H22N4O2S/c1-4-16-5-7-17(8-6-16)13-10(19-3)9(14)11(20-13)12(18)15-2/h4-8,14H2,1-3H3,(H,15,18). The van der Waals surface area contributed by atoms with Crippen molar-refractivity contribution < 1.29 is 9.53 Å². The van der Waals surface area contributed by atoms with E-state index in [-0.39, 0.29) is 5.91 Å². The average Bonchev–Trinajstić information content (AvgIpc) is 2.83. The van der Waals surface area contributed by atoms with Crippen LogP contribution in [0.3, 0.4) is 0 Å². The van der Waals surface area contributed by atoms with Crippen molar-refractivity contribution in [2.45, 2.75) is 6.92 Å². The molecule has 2 rings (SSSR count). The van der Waals surface area contributed by atoms with E-state index in [2.05, 4.69) is 22.0 Å². The lowest BCUT2D eigenvalue weighted by molar-refractivity contribution is 0.0967. The molecule has 0 atom stereocenters. The van der Waals surface area contributed by atoms with Gasteiger partial charge in [-0.3, -0.25) is 4.79 Å². The molecule has 0 spiro atoms. The van der Waals surface area contributed by atoms with Crippen LogP contribution in [0, 0.1) is 0 Å². The molecule has 20 heavy (non-hydrogen) atoms. The zero-order valence-electron chi connectivity index (χ0n) is 12.2. The first kappa shape index (κ1) is 14.9. The number of hydrogen-bond donors (Lipinski definition) is 2. The minimum absolute atomic E-state index is 0.163. The minimum Gasteiger partial charge on any atom is -0.492 e. The Balaban J connectivity index is 2.25. The van der Waals surface area contributed by atoms with Gasteiger partial charge in [0.05, 0.1) is 7.11 Å². The molecule has 1 fully saturated rings. The average molecular weight is 298 g/mol. The molecule has 0 saturated carbocycles. The van der Waals surface area contributed by atoms with Crippen LogP contribution in [-0.2, 0) is 0 Å². The van der Waals surface area contributed by atoms with Crippen molar-refractivity contribution >= 4 is 27.9 Å². The van der Waals surface area contributed by atoms with Gasteiger partial charge < -0.3 is 25.6 Å². The molecule has 0 bridgehead atoms. The molecule has 1 aromatic rings. The Bertz CT molecular complexity index is 481. The summed E-state index contributed by atoms with van der Waals surface area (Å²) < 4.78 is 5.41. The Hall–Kier alpha value is -1.47. The van der Waals surface area contributed by atoms with Crippen molar-refractivity contribution in [2.75, 3.05) is 57.5 Å². The fraction of sp³-hybridized carbons (Fsp3) is 0.615. The van der Waals surface area contributed by atoms with E-state index in [0.717, 1.165) is 37.7 Å². The number of likely N-dealkylation sites (N-methyl/N-ethyl adjacent to an activating group) is 1. The summed E-state index contributed by atoms with van der Waals surface area (Å²) in [5.41, 5.74) is 6.47. The monoisotopic (exact) mass is 298 g/mol. The van der Waals surface area contributed by atoms with Gasteiger partial charge in [-0.25, -0.2) is 0 Å². The van der Waals surface area contributed by atoms with Gasteiger partial charge in [0.15, 0.2) is 5.75 Å². The highest BCUT2D eigenvalue weighted by molar-refractivity contribution is 7.19. The number of ether oxygens (including phenoxy) is 1. The van der Waals surface area contributed by atoms with E-state index in [4.69, 9.17) is 10.5 Å². The van der Waals surface area contributed by atoms with Crippen LogP contribution in [0.1, 0.15) is 16.6 Å². The molecule has 3 N–H and O–H groups in total. The van der Waals surface area contributed by atoms with Gasteiger partial charge in [0.25, 0.3) is 5.91 Å². The van der Waals surface area contributed by atoms with E-state index in [9.17, 15) is 4.79 Å². The van der Waals surface area contributed by atoms with Crippen LogP contribution in [0.5, 0.6) is 5.75 Å². The number of amides is 1. The molecule has 0 aliphatic carbocycles. The second kappa shape index (κ2) is 6.32. The Labute approximate surface area is 123 Å². The van der Waals surface area contributed by atoms with E-state index >= 15 is 0 Å². The number of methoxy groups -OCH3 is 1. The first-order chi connectivity index (χ1) is 9.62. The molecule has 2 heterocycles. The first-order valence-electron chi connectivity index (χ1n) is 6.78. The number of carbonyl (C=O) groups excluding carboxylic acids is 1. The summed E-state index contributed by atoms with van der Waals surface area (Å²) in [4.78, 5) is 17.0. The molecule has 7 heteroatoms. The van der Waals surface area contributed by atoms with E-state index in [1.807, 2.05) is 0 Å². The number of nitrogens with zero attached hydrogens (tertiary/aromatic N) is 2. The lowest BCUT2D eigenvalue weighted by Crippen LogP contribution is -2.46. The third-order valence-corrected chi connectivity index (χ3v) is 4.87. The SMILES string of the molecule is CCN1CCN(c2sc(C(=O)NC)c(N)c2OC)CC1. The van der Waals surface area contributed by atoms with Crippen molar-refractivity contribution in [3.8, 4) is 5.75 Å². The summed E-state index contributed by atoms with van der Waals surface area (Å²) in [5.74, 6) is 0.461. The van der Waals surface area contributed by atoms with Crippen LogP contribution in [0.15, 0.2) is 0 Å². The lowest BCUT2D eigenvalue weighted by Gasteiger charge is -2.34. The van der Waals surface area contributed by atoms with E-state index in [1.54, 1.807) is 14.2 Å². The van der Waals surface area contributed by atoms with Gasteiger partial charge in [0.2, 0.25) is 0 Å². The second-order valence-electron chi connectivity index (χ2n) is 4.68. The number of nitrogens with one attached hydrogen (secondary N) is 1.